The van der Waals surface area contributed by atoms with Crippen LogP contribution in [0.25, 0.3) is 22.4 Å². The van der Waals surface area contributed by atoms with Crippen LogP contribution in [0.15, 0.2) is 36.5 Å². The lowest BCUT2D eigenvalue weighted by atomic mass is 10.0. The second-order valence-electron chi connectivity index (χ2n) is 8.46. The lowest BCUT2D eigenvalue weighted by molar-refractivity contribution is 0.0527. The number of nitrogens with one attached hydrogen (secondary N) is 1. The molecule has 2 heterocycles. The van der Waals surface area contributed by atoms with Gasteiger partial charge in [0.1, 0.15) is 11.3 Å². The lowest BCUT2D eigenvalue weighted by Gasteiger charge is -2.19. The number of alkyl carbamates (subject to hydrolysis) is 1. The van der Waals surface area contributed by atoms with Crippen LogP contribution in [0.5, 0.6) is 0 Å². The largest absolute Gasteiger partial charge is 0.444 e. The van der Waals surface area contributed by atoms with Crippen molar-refractivity contribution in [2.75, 3.05) is 6.54 Å². The van der Waals surface area contributed by atoms with E-state index in [1.54, 1.807) is 18.3 Å². The third-order valence-corrected chi connectivity index (χ3v) is 5.32. The molecule has 0 saturated carbocycles. The standard InChI is InChI=1S/C23H27Cl2N5O2/c1-23(2,3)32-22(31)28-11-6-4-8-16(26)20-21(17-9-5-7-10-27-17)30-19-13-15(25)14(24)12-18(19)29-20/h5,7,9-10,12-13,16H,4,6,8,11,26H2,1-3H3,(H,28,31). The Morgan fingerprint density at radius 1 is 1.12 bits per heavy atom. The predicted octanol–water partition coefficient (Wildman–Crippen LogP) is 5.69. The van der Waals surface area contributed by atoms with Gasteiger partial charge in [0, 0.05) is 18.8 Å². The van der Waals surface area contributed by atoms with Crippen LogP contribution < -0.4 is 11.1 Å². The minimum Gasteiger partial charge on any atom is -0.444 e. The molecule has 3 rings (SSSR count). The summed E-state index contributed by atoms with van der Waals surface area (Å²) < 4.78 is 5.24. The van der Waals surface area contributed by atoms with E-state index >= 15 is 0 Å². The molecule has 0 aliphatic rings. The van der Waals surface area contributed by atoms with E-state index in [1.165, 1.54) is 0 Å². The molecular formula is C23H27Cl2N5O2. The lowest BCUT2D eigenvalue weighted by Crippen LogP contribution is -2.33. The van der Waals surface area contributed by atoms with Gasteiger partial charge in [0.2, 0.25) is 0 Å². The molecule has 0 radical (unpaired) electrons. The van der Waals surface area contributed by atoms with E-state index in [0.717, 1.165) is 12.8 Å². The molecule has 0 fully saturated rings. The fourth-order valence-corrected chi connectivity index (χ4v) is 3.46. The zero-order valence-corrected chi connectivity index (χ0v) is 19.9. The predicted molar refractivity (Wildman–Crippen MR) is 128 cm³/mol. The summed E-state index contributed by atoms with van der Waals surface area (Å²) in [5.74, 6) is 0. The van der Waals surface area contributed by atoms with Crippen LogP contribution in [0, 0.1) is 0 Å². The molecule has 0 aliphatic heterocycles. The van der Waals surface area contributed by atoms with Gasteiger partial charge in [-0.15, -0.1) is 0 Å². The van der Waals surface area contributed by atoms with Gasteiger partial charge in [-0.2, -0.15) is 0 Å². The number of carbonyl (C=O) groups is 1. The van der Waals surface area contributed by atoms with Crippen LogP contribution in [-0.2, 0) is 4.74 Å². The number of unbranched alkanes of at least 4 members (excludes halogenated alkanes) is 1. The van der Waals surface area contributed by atoms with Crippen molar-refractivity contribution in [3.63, 3.8) is 0 Å². The van der Waals surface area contributed by atoms with Crippen molar-refractivity contribution < 1.29 is 9.53 Å². The number of hydrogen-bond acceptors (Lipinski definition) is 6. The Kier molecular flexibility index (Phi) is 7.87. The van der Waals surface area contributed by atoms with E-state index in [-0.39, 0.29) is 6.04 Å². The SMILES string of the molecule is CC(C)(C)OC(=O)NCCCCC(N)c1nc2cc(Cl)c(Cl)cc2nc1-c1ccccn1. The maximum Gasteiger partial charge on any atom is 0.407 e. The van der Waals surface area contributed by atoms with E-state index in [9.17, 15) is 4.79 Å². The highest BCUT2D eigenvalue weighted by atomic mass is 35.5. The van der Waals surface area contributed by atoms with Crippen LogP contribution in [0.1, 0.15) is 51.8 Å². The quantitative estimate of drug-likeness (QED) is 0.425. The van der Waals surface area contributed by atoms with Gasteiger partial charge in [-0.1, -0.05) is 29.3 Å². The number of fused-ring (bicyclic) bond motifs is 1. The summed E-state index contributed by atoms with van der Waals surface area (Å²) in [4.78, 5) is 25.7. The Hall–Kier alpha value is -2.48. The number of aromatic nitrogens is 3. The molecular weight excluding hydrogens is 449 g/mol. The Morgan fingerprint density at radius 2 is 1.81 bits per heavy atom. The van der Waals surface area contributed by atoms with Gasteiger partial charge in [0.05, 0.1) is 32.5 Å². The van der Waals surface area contributed by atoms with Gasteiger partial charge in [-0.25, -0.2) is 14.8 Å². The number of nitrogens with two attached hydrogens (primary N) is 1. The summed E-state index contributed by atoms with van der Waals surface area (Å²) >= 11 is 12.3. The van der Waals surface area contributed by atoms with E-state index in [1.807, 2.05) is 39.0 Å². The summed E-state index contributed by atoms with van der Waals surface area (Å²) in [6.07, 6.45) is 3.49. The molecule has 7 nitrogen and oxygen atoms in total. The van der Waals surface area contributed by atoms with Crippen molar-refractivity contribution in [3.05, 3.63) is 52.3 Å². The van der Waals surface area contributed by atoms with Crippen LogP contribution in [0.2, 0.25) is 10.0 Å². The van der Waals surface area contributed by atoms with Gasteiger partial charge in [0.15, 0.2) is 0 Å². The first-order valence-corrected chi connectivity index (χ1v) is 11.2. The number of rotatable bonds is 7. The molecule has 0 saturated heterocycles. The number of nitrogens with zero attached hydrogens (tertiary/aromatic N) is 3. The monoisotopic (exact) mass is 475 g/mol. The average molecular weight is 476 g/mol. The Balaban J connectivity index is 1.73. The zero-order valence-electron chi connectivity index (χ0n) is 18.4. The average Bonchev–Trinajstić information content (AvgIpc) is 2.73. The number of ether oxygens (including phenoxy) is 1. The van der Waals surface area contributed by atoms with Crippen molar-refractivity contribution in [2.24, 2.45) is 5.73 Å². The summed E-state index contributed by atoms with van der Waals surface area (Å²) in [6, 6.07) is 8.62. The second-order valence-corrected chi connectivity index (χ2v) is 9.27. The third-order valence-electron chi connectivity index (χ3n) is 4.60. The number of amides is 1. The van der Waals surface area contributed by atoms with E-state index in [4.69, 9.17) is 43.6 Å². The Morgan fingerprint density at radius 3 is 2.44 bits per heavy atom. The maximum atomic E-state index is 11.8. The first kappa shape index (κ1) is 24.2. The topological polar surface area (TPSA) is 103 Å². The Labute approximate surface area is 197 Å². The van der Waals surface area contributed by atoms with Crippen molar-refractivity contribution in [2.45, 2.75) is 51.7 Å². The molecule has 1 amide bonds. The number of pyridine rings is 1. The molecule has 1 aromatic carbocycles. The number of hydrogen-bond donors (Lipinski definition) is 2. The molecule has 3 aromatic rings. The van der Waals surface area contributed by atoms with Crippen LogP contribution >= 0.6 is 23.2 Å². The second kappa shape index (κ2) is 10.4. The molecule has 9 heteroatoms. The number of halogens is 2. The minimum absolute atomic E-state index is 0.361. The summed E-state index contributed by atoms with van der Waals surface area (Å²) in [5.41, 5.74) is 9.20. The van der Waals surface area contributed by atoms with Gasteiger partial charge < -0.3 is 15.8 Å². The molecule has 32 heavy (non-hydrogen) atoms. The van der Waals surface area contributed by atoms with Gasteiger partial charge in [-0.05, 0) is 64.3 Å². The maximum absolute atomic E-state index is 11.8. The zero-order chi connectivity index (χ0) is 23.3. The first-order valence-electron chi connectivity index (χ1n) is 10.4. The van der Waals surface area contributed by atoms with Gasteiger partial charge >= 0.3 is 6.09 Å². The number of benzene rings is 1. The van der Waals surface area contributed by atoms with Crippen molar-refractivity contribution in [1.29, 1.82) is 0 Å². The fourth-order valence-electron chi connectivity index (χ4n) is 3.15. The summed E-state index contributed by atoms with van der Waals surface area (Å²) in [6.45, 7) is 6.00. The molecule has 1 atom stereocenters. The molecule has 3 N–H and O–H groups in total. The van der Waals surface area contributed by atoms with Gasteiger partial charge in [-0.3, -0.25) is 4.98 Å². The van der Waals surface area contributed by atoms with Crippen molar-refractivity contribution >= 4 is 40.3 Å². The summed E-state index contributed by atoms with van der Waals surface area (Å²) in [5, 5.41) is 3.58. The highest BCUT2D eigenvalue weighted by molar-refractivity contribution is 6.42. The smallest absolute Gasteiger partial charge is 0.407 e. The Bertz CT molecular complexity index is 1090. The van der Waals surface area contributed by atoms with Crippen molar-refractivity contribution in [3.8, 4) is 11.4 Å². The normalized spacial score (nSPS) is 12.6. The molecule has 170 valence electrons. The van der Waals surface area contributed by atoms with E-state index in [0.29, 0.717) is 51.1 Å². The van der Waals surface area contributed by atoms with Crippen LogP contribution in [0.4, 0.5) is 4.79 Å². The molecule has 2 aromatic heterocycles. The molecule has 0 bridgehead atoms. The third kappa shape index (κ3) is 6.51. The van der Waals surface area contributed by atoms with Crippen LogP contribution in [-0.4, -0.2) is 33.2 Å². The summed E-state index contributed by atoms with van der Waals surface area (Å²) in [7, 11) is 0. The number of carbonyl (C=O) groups excluding carboxylic acids is 1. The molecule has 1 unspecified atom stereocenters. The minimum atomic E-state index is -0.518. The fraction of sp³-hybridized carbons (Fsp3) is 0.391. The van der Waals surface area contributed by atoms with Gasteiger partial charge in [0.25, 0.3) is 0 Å². The van der Waals surface area contributed by atoms with E-state index < -0.39 is 11.7 Å². The first-order chi connectivity index (χ1) is 15.1. The van der Waals surface area contributed by atoms with Crippen molar-refractivity contribution in [1.82, 2.24) is 20.3 Å². The van der Waals surface area contributed by atoms with Crippen LogP contribution in [0.3, 0.4) is 0 Å². The van der Waals surface area contributed by atoms with E-state index in [2.05, 4.69) is 10.3 Å². The highest BCUT2D eigenvalue weighted by Gasteiger charge is 2.19. The molecule has 0 aliphatic carbocycles. The highest BCUT2D eigenvalue weighted by Crippen LogP contribution is 2.31. The molecule has 0 spiro atoms.